The van der Waals surface area contributed by atoms with Crippen LogP contribution in [0.15, 0.2) is 24.3 Å². The average Bonchev–Trinajstić information content (AvgIpc) is 2.25. The first-order valence-corrected chi connectivity index (χ1v) is 6.16. The van der Waals surface area contributed by atoms with Crippen LogP contribution in [0.1, 0.15) is 9.49 Å². The molecule has 1 amide bonds. The first-order valence-electron chi connectivity index (χ1n) is 4.91. The highest BCUT2D eigenvalue weighted by atomic mass is 127. The molecule has 1 rings (SSSR count). The SMILES string of the molecule is CN(C)C(=O)C(I)c1cccc(OC(F)(F)F)c1. The van der Waals surface area contributed by atoms with Crippen molar-refractivity contribution in [3.63, 3.8) is 0 Å². The summed E-state index contributed by atoms with van der Waals surface area (Å²) in [5.74, 6) is -0.520. The summed E-state index contributed by atoms with van der Waals surface area (Å²) in [5, 5.41) is 0. The number of benzene rings is 1. The third-order valence-corrected chi connectivity index (χ3v) is 3.29. The van der Waals surface area contributed by atoms with Gasteiger partial charge in [-0.1, -0.05) is 34.7 Å². The minimum atomic E-state index is -4.73. The molecule has 0 bridgehead atoms. The highest BCUT2D eigenvalue weighted by Crippen LogP contribution is 2.30. The zero-order valence-corrected chi connectivity index (χ0v) is 11.8. The Balaban J connectivity index is 2.92. The molecule has 0 aliphatic rings. The summed E-state index contributed by atoms with van der Waals surface area (Å²) in [6, 6.07) is 5.42. The molecule has 0 fully saturated rings. The van der Waals surface area contributed by atoms with Crippen molar-refractivity contribution in [2.24, 2.45) is 0 Å². The van der Waals surface area contributed by atoms with Crippen LogP contribution in [0.3, 0.4) is 0 Å². The van der Waals surface area contributed by atoms with Crippen molar-refractivity contribution < 1.29 is 22.7 Å². The van der Waals surface area contributed by atoms with Gasteiger partial charge in [-0.2, -0.15) is 0 Å². The number of hydrogen-bond donors (Lipinski definition) is 0. The average molecular weight is 373 g/mol. The summed E-state index contributed by atoms with van der Waals surface area (Å²) < 4.78 is 39.4. The van der Waals surface area contributed by atoms with Gasteiger partial charge in [-0.15, -0.1) is 13.2 Å². The maximum Gasteiger partial charge on any atom is 0.573 e. The highest BCUT2D eigenvalue weighted by Gasteiger charge is 2.31. The van der Waals surface area contributed by atoms with E-state index in [9.17, 15) is 18.0 Å². The molecular weight excluding hydrogens is 362 g/mol. The summed E-state index contributed by atoms with van der Waals surface area (Å²) in [7, 11) is 3.17. The van der Waals surface area contributed by atoms with E-state index in [-0.39, 0.29) is 11.7 Å². The molecule has 0 aromatic heterocycles. The van der Waals surface area contributed by atoms with Crippen LogP contribution in [-0.4, -0.2) is 31.3 Å². The number of carbonyl (C=O) groups excluding carboxylic acids is 1. The van der Waals surface area contributed by atoms with Crippen molar-refractivity contribution >= 4 is 28.5 Å². The maximum atomic E-state index is 12.1. The Kier molecular flexibility index (Phi) is 4.83. The smallest absolute Gasteiger partial charge is 0.406 e. The fourth-order valence-electron chi connectivity index (χ4n) is 1.24. The van der Waals surface area contributed by atoms with Gasteiger partial charge in [0.2, 0.25) is 5.91 Å². The lowest BCUT2D eigenvalue weighted by Gasteiger charge is -2.16. The van der Waals surface area contributed by atoms with Crippen molar-refractivity contribution in [2.75, 3.05) is 14.1 Å². The third kappa shape index (κ3) is 4.35. The maximum absolute atomic E-state index is 12.1. The van der Waals surface area contributed by atoms with Crippen molar-refractivity contribution in [2.45, 2.75) is 10.3 Å². The largest absolute Gasteiger partial charge is 0.573 e. The molecule has 1 unspecified atom stereocenters. The highest BCUT2D eigenvalue weighted by molar-refractivity contribution is 14.1. The first-order chi connectivity index (χ1) is 8.20. The van der Waals surface area contributed by atoms with Crippen molar-refractivity contribution in [1.29, 1.82) is 0 Å². The van der Waals surface area contributed by atoms with E-state index in [4.69, 9.17) is 0 Å². The molecule has 100 valence electrons. The lowest BCUT2D eigenvalue weighted by molar-refractivity contribution is -0.274. The quantitative estimate of drug-likeness (QED) is 0.602. The van der Waals surface area contributed by atoms with Gasteiger partial charge in [0.15, 0.2) is 0 Å². The lowest BCUT2D eigenvalue weighted by atomic mass is 10.1. The van der Waals surface area contributed by atoms with E-state index < -0.39 is 10.3 Å². The predicted molar refractivity (Wildman–Crippen MR) is 68.6 cm³/mol. The van der Waals surface area contributed by atoms with Crippen LogP contribution in [0.4, 0.5) is 13.2 Å². The second-order valence-electron chi connectivity index (χ2n) is 3.72. The molecule has 1 aromatic carbocycles. The van der Waals surface area contributed by atoms with Crippen LogP contribution in [0, 0.1) is 0 Å². The Morgan fingerprint density at radius 2 is 2.00 bits per heavy atom. The Bertz CT molecular complexity index is 435. The molecule has 0 spiro atoms. The number of carbonyl (C=O) groups is 1. The first kappa shape index (κ1) is 15.1. The molecule has 1 aromatic rings. The molecule has 3 nitrogen and oxygen atoms in total. The zero-order valence-electron chi connectivity index (χ0n) is 9.66. The van der Waals surface area contributed by atoms with E-state index >= 15 is 0 Å². The standard InChI is InChI=1S/C11H11F3INO2/c1-16(2)10(17)9(15)7-4-3-5-8(6-7)18-11(12,13)14/h3-6,9H,1-2H3. The minimum absolute atomic E-state index is 0.195. The summed E-state index contributed by atoms with van der Waals surface area (Å²) in [6.45, 7) is 0. The second-order valence-corrected chi connectivity index (χ2v) is 4.96. The predicted octanol–water partition coefficient (Wildman–Crippen LogP) is 3.15. The van der Waals surface area contributed by atoms with Crippen molar-refractivity contribution in [3.8, 4) is 5.75 Å². The van der Waals surface area contributed by atoms with Crippen LogP contribution >= 0.6 is 22.6 Å². The van der Waals surface area contributed by atoms with E-state index in [0.717, 1.165) is 0 Å². The molecule has 0 radical (unpaired) electrons. The number of nitrogens with zero attached hydrogens (tertiary/aromatic N) is 1. The molecule has 0 aliphatic carbocycles. The lowest BCUT2D eigenvalue weighted by Crippen LogP contribution is -2.25. The van der Waals surface area contributed by atoms with Crippen LogP contribution < -0.4 is 4.74 Å². The number of halogens is 4. The van der Waals surface area contributed by atoms with Gasteiger partial charge in [0.25, 0.3) is 0 Å². The van der Waals surface area contributed by atoms with E-state index in [1.165, 1.54) is 23.1 Å². The second kappa shape index (κ2) is 5.77. The van der Waals surface area contributed by atoms with Crippen LogP contribution in [-0.2, 0) is 4.79 Å². The van der Waals surface area contributed by atoms with E-state index in [0.29, 0.717) is 5.56 Å². The van der Waals surface area contributed by atoms with Gasteiger partial charge in [-0.3, -0.25) is 4.79 Å². The number of likely N-dealkylation sites (N-methyl/N-ethyl adjacent to an activating group) is 1. The fourth-order valence-corrected chi connectivity index (χ4v) is 2.18. The Morgan fingerprint density at radius 3 is 2.50 bits per heavy atom. The molecular formula is C11H11F3INO2. The van der Waals surface area contributed by atoms with E-state index in [1.807, 2.05) is 22.6 Å². The van der Waals surface area contributed by atoms with Gasteiger partial charge in [0.1, 0.15) is 9.67 Å². The van der Waals surface area contributed by atoms with E-state index in [1.54, 1.807) is 20.2 Å². The van der Waals surface area contributed by atoms with Gasteiger partial charge in [-0.25, -0.2) is 0 Å². The number of alkyl halides is 4. The van der Waals surface area contributed by atoms with E-state index in [2.05, 4.69) is 4.74 Å². The summed E-state index contributed by atoms with van der Waals surface area (Å²) in [4.78, 5) is 13.1. The van der Waals surface area contributed by atoms with Crippen molar-refractivity contribution in [3.05, 3.63) is 29.8 Å². The Labute approximate surface area is 116 Å². The van der Waals surface area contributed by atoms with Gasteiger partial charge < -0.3 is 9.64 Å². The Hall–Kier alpha value is -0.990. The molecule has 7 heteroatoms. The molecule has 18 heavy (non-hydrogen) atoms. The summed E-state index contributed by atoms with van der Waals surface area (Å²) in [6.07, 6.45) is -4.73. The molecule has 0 N–H and O–H groups in total. The fraction of sp³-hybridized carbons (Fsp3) is 0.364. The number of rotatable bonds is 3. The van der Waals surface area contributed by atoms with Crippen LogP contribution in [0.2, 0.25) is 0 Å². The number of hydrogen-bond acceptors (Lipinski definition) is 2. The topological polar surface area (TPSA) is 29.5 Å². The molecule has 0 saturated carbocycles. The normalized spacial score (nSPS) is 13.0. The summed E-state index contributed by atoms with van der Waals surface area (Å²) >= 11 is 1.87. The van der Waals surface area contributed by atoms with Crippen molar-refractivity contribution in [1.82, 2.24) is 4.90 Å². The molecule has 0 saturated heterocycles. The zero-order chi connectivity index (χ0) is 13.9. The number of ether oxygens (including phenoxy) is 1. The van der Waals surface area contributed by atoms with Gasteiger partial charge in [-0.05, 0) is 17.7 Å². The van der Waals surface area contributed by atoms with Gasteiger partial charge in [0.05, 0.1) is 0 Å². The monoisotopic (exact) mass is 373 g/mol. The molecule has 1 atom stereocenters. The molecule has 0 heterocycles. The van der Waals surface area contributed by atoms with Crippen LogP contribution in [0.25, 0.3) is 0 Å². The summed E-state index contributed by atoms with van der Waals surface area (Å²) in [5.41, 5.74) is 0.469. The van der Waals surface area contributed by atoms with Gasteiger partial charge in [0, 0.05) is 14.1 Å². The molecule has 0 aliphatic heterocycles. The third-order valence-electron chi connectivity index (χ3n) is 2.04. The minimum Gasteiger partial charge on any atom is -0.406 e. The Morgan fingerprint density at radius 1 is 1.39 bits per heavy atom. The number of amides is 1. The van der Waals surface area contributed by atoms with Gasteiger partial charge >= 0.3 is 6.36 Å². The van der Waals surface area contributed by atoms with Crippen LogP contribution in [0.5, 0.6) is 5.75 Å².